The van der Waals surface area contributed by atoms with Gasteiger partial charge in [0.2, 0.25) is 10.0 Å². The van der Waals surface area contributed by atoms with Crippen LogP contribution in [-0.4, -0.2) is 72.1 Å². The molecule has 2 unspecified atom stereocenters. The molecule has 3 heterocycles. The molecule has 0 bridgehead atoms. The van der Waals surface area contributed by atoms with Gasteiger partial charge in [0.15, 0.2) is 0 Å². The minimum absolute atomic E-state index is 0.0340. The molecule has 3 aromatic rings. The first-order chi connectivity index (χ1) is 15.8. The number of aromatic amines is 1. The van der Waals surface area contributed by atoms with Crippen molar-refractivity contribution >= 4 is 44.4 Å². The van der Waals surface area contributed by atoms with Crippen LogP contribution in [0.1, 0.15) is 23.7 Å². The normalized spacial score (nSPS) is 19.5. The number of rotatable bonds is 7. The summed E-state index contributed by atoms with van der Waals surface area (Å²) in [7, 11) is -1.60. The summed E-state index contributed by atoms with van der Waals surface area (Å²) < 4.78 is 27.6. The second-order valence-corrected chi connectivity index (χ2v) is 10.8. The maximum absolute atomic E-state index is 13.0. The predicted octanol–water partition coefficient (Wildman–Crippen LogP) is 2.52. The summed E-state index contributed by atoms with van der Waals surface area (Å²) in [5, 5.41) is 4.12. The quantitative estimate of drug-likeness (QED) is 0.526. The number of likely N-dealkylation sites (N-methyl/N-ethyl adjacent to an activating group) is 1. The Balaban J connectivity index is 1.40. The third kappa shape index (κ3) is 5.13. The first-order valence-corrected chi connectivity index (χ1v) is 12.8. The van der Waals surface area contributed by atoms with E-state index in [4.69, 9.17) is 11.6 Å². The SMILES string of the molecule is CC1CCN(S(=O)(=O)CCNC(=O)c2ccc(Cl)cc2)CC1N(C)c1ncnc2[nH]ccc12. The van der Waals surface area contributed by atoms with E-state index >= 15 is 0 Å². The number of anilines is 1. The van der Waals surface area contributed by atoms with Crippen molar-refractivity contribution in [3.05, 3.63) is 53.4 Å². The summed E-state index contributed by atoms with van der Waals surface area (Å²) in [6.07, 6.45) is 4.07. The van der Waals surface area contributed by atoms with Gasteiger partial charge in [-0.05, 0) is 42.7 Å². The van der Waals surface area contributed by atoms with Crippen LogP contribution >= 0.6 is 11.6 Å². The number of H-pyrrole nitrogens is 1. The number of halogens is 1. The van der Waals surface area contributed by atoms with Crippen LogP contribution in [0.25, 0.3) is 11.0 Å². The Morgan fingerprint density at radius 3 is 2.79 bits per heavy atom. The van der Waals surface area contributed by atoms with Crippen LogP contribution in [-0.2, 0) is 10.0 Å². The standard InChI is InChI=1S/C22H27ClN6O3S/c1-15-8-11-29(13-19(15)28(2)21-18-7-9-24-20(18)26-14-27-21)33(31,32)12-10-25-22(30)16-3-5-17(23)6-4-16/h3-7,9,14-15,19H,8,10-13H2,1-2H3,(H,25,30)(H,24,26,27). The van der Waals surface area contributed by atoms with Crippen LogP contribution in [0.2, 0.25) is 5.02 Å². The number of carbonyl (C=O) groups is 1. The van der Waals surface area contributed by atoms with Gasteiger partial charge in [0, 0.05) is 49.5 Å². The number of aromatic nitrogens is 3. The maximum atomic E-state index is 13.0. The van der Waals surface area contributed by atoms with E-state index in [1.165, 1.54) is 10.6 Å². The topological polar surface area (TPSA) is 111 Å². The Bertz CT molecular complexity index is 1230. The van der Waals surface area contributed by atoms with Gasteiger partial charge < -0.3 is 15.2 Å². The van der Waals surface area contributed by atoms with Gasteiger partial charge in [-0.1, -0.05) is 18.5 Å². The highest BCUT2D eigenvalue weighted by atomic mass is 35.5. The number of benzene rings is 1. The highest BCUT2D eigenvalue weighted by Gasteiger charge is 2.35. The second kappa shape index (κ2) is 9.66. The van der Waals surface area contributed by atoms with Crippen molar-refractivity contribution in [3.8, 4) is 0 Å². The minimum atomic E-state index is -3.54. The average Bonchev–Trinajstić information content (AvgIpc) is 3.28. The summed E-state index contributed by atoms with van der Waals surface area (Å²) in [6.45, 7) is 2.99. The molecule has 176 valence electrons. The van der Waals surface area contributed by atoms with Crippen molar-refractivity contribution in [2.75, 3.05) is 37.3 Å². The number of piperidine rings is 1. The molecule has 1 aliphatic heterocycles. The predicted molar refractivity (Wildman–Crippen MR) is 129 cm³/mol. The first-order valence-electron chi connectivity index (χ1n) is 10.8. The average molecular weight is 491 g/mol. The highest BCUT2D eigenvalue weighted by molar-refractivity contribution is 7.89. The molecule has 0 spiro atoms. The smallest absolute Gasteiger partial charge is 0.251 e. The number of sulfonamides is 1. The summed E-state index contributed by atoms with van der Waals surface area (Å²) in [5.41, 5.74) is 1.18. The second-order valence-electron chi connectivity index (χ2n) is 8.32. The van der Waals surface area contributed by atoms with Crippen LogP contribution in [0.5, 0.6) is 0 Å². The molecule has 0 radical (unpaired) electrons. The molecule has 0 saturated carbocycles. The lowest BCUT2D eigenvalue weighted by molar-refractivity contribution is 0.0956. The van der Waals surface area contributed by atoms with Gasteiger partial charge >= 0.3 is 0 Å². The van der Waals surface area contributed by atoms with E-state index in [9.17, 15) is 13.2 Å². The van der Waals surface area contributed by atoms with Crippen molar-refractivity contribution in [1.82, 2.24) is 24.6 Å². The molecule has 2 atom stereocenters. The Kier molecular flexibility index (Phi) is 6.87. The third-order valence-electron chi connectivity index (χ3n) is 6.19. The van der Waals surface area contributed by atoms with Gasteiger partial charge in [0.25, 0.3) is 5.91 Å². The number of hydrogen-bond acceptors (Lipinski definition) is 6. The molecule has 1 aromatic carbocycles. The van der Waals surface area contributed by atoms with Gasteiger partial charge in [-0.2, -0.15) is 4.31 Å². The Morgan fingerprint density at radius 2 is 2.03 bits per heavy atom. The molecule has 33 heavy (non-hydrogen) atoms. The zero-order valence-electron chi connectivity index (χ0n) is 18.5. The van der Waals surface area contributed by atoms with E-state index in [1.54, 1.807) is 24.3 Å². The van der Waals surface area contributed by atoms with Crippen LogP contribution < -0.4 is 10.2 Å². The fraction of sp³-hybridized carbons (Fsp3) is 0.409. The summed E-state index contributed by atoms with van der Waals surface area (Å²) in [5.74, 6) is 0.570. The van der Waals surface area contributed by atoms with Gasteiger partial charge in [0.1, 0.15) is 17.8 Å². The van der Waals surface area contributed by atoms with Crippen molar-refractivity contribution in [1.29, 1.82) is 0 Å². The molecule has 0 aliphatic carbocycles. The molecular formula is C22H27ClN6O3S. The number of carbonyl (C=O) groups excluding carboxylic acids is 1. The lowest BCUT2D eigenvalue weighted by atomic mass is 9.93. The van der Waals surface area contributed by atoms with Crippen molar-refractivity contribution in [2.24, 2.45) is 5.92 Å². The number of nitrogens with zero attached hydrogens (tertiary/aromatic N) is 4. The molecule has 11 heteroatoms. The Morgan fingerprint density at radius 1 is 1.27 bits per heavy atom. The Hall–Kier alpha value is -2.69. The molecule has 1 amide bonds. The molecule has 1 fully saturated rings. The maximum Gasteiger partial charge on any atom is 0.251 e. The molecule has 9 nitrogen and oxygen atoms in total. The van der Waals surface area contributed by atoms with E-state index in [2.05, 4.69) is 27.2 Å². The molecule has 1 aliphatic rings. The van der Waals surface area contributed by atoms with Crippen LogP contribution in [0, 0.1) is 5.92 Å². The lowest BCUT2D eigenvalue weighted by Crippen LogP contribution is -2.53. The van der Waals surface area contributed by atoms with Gasteiger partial charge in [0.05, 0.1) is 11.1 Å². The lowest BCUT2D eigenvalue weighted by Gasteiger charge is -2.41. The number of fused-ring (bicyclic) bond motifs is 1. The van der Waals surface area contributed by atoms with E-state index in [1.807, 2.05) is 24.2 Å². The molecule has 1 saturated heterocycles. The fourth-order valence-corrected chi connectivity index (χ4v) is 5.71. The first kappa shape index (κ1) is 23.5. The minimum Gasteiger partial charge on any atom is -0.354 e. The van der Waals surface area contributed by atoms with E-state index < -0.39 is 10.0 Å². The molecule has 2 aromatic heterocycles. The molecule has 4 rings (SSSR count). The summed E-state index contributed by atoms with van der Waals surface area (Å²) in [6, 6.07) is 8.34. The fourth-order valence-electron chi connectivity index (χ4n) is 4.20. The summed E-state index contributed by atoms with van der Waals surface area (Å²) >= 11 is 5.84. The number of nitrogens with one attached hydrogen (secondary N) is 2. The number of amides is 1. The monoisotopic (exact) mass is 490 g/mol. The largest absolute Gasteiger partial charge is 0.354 e. The zero-order valence-corrected chi connectivity index (χ0v) is 20.1. The van der Waals surface area contributed by atoms with Crippen LogP contribution in [0.3, 0.4) is 0 Å². The van der Waals surface area contributed by atoms with Gasteiger partial charge in [-0.15, -0.1) is 0 Å². The van der Waals surface area contributed by atoms with E-state index in [-0.39, 0.29) is 30.2 Å². The third-order valence-corrected chi connectivity index (χ3v) is 8.28. The summed E-state index contributed by atoms with van der Waals surface area (Å²) in [4.78, 5) is 26.1. The van der Waals surface area contributed by atoms with Gasteiger partial charge in [-0.3, -0.25) is 4.79 Å². The molecular weight excluding hydrogens is 464 g/mol. The van der Waals surface area contributed by atoms with Gasteiger partial charge in [-0.25, -0.2) is 18.4 Å². The van der Waals surface area contributed by atoms with Crippen molar-refractivity contribution in [3.63, 3.8) is 0 Å². The van der Waals surface area contributed by atoms with E-state index in [0.29, 0.717) is 23.7 Å². The van der Waals surface area contributed by atoms with Crippen molar-refractivity contribution in [2.45, 2.75) is 19.4 Å². The number of hydrogen-bond donors (Lipinski definition) is 2. The highest BCUT2D eigenvalue weighted by Crippen LogP contribution is 2.29. The molecule has 2 N–H and O–H groups in total. The van der Waals surface area contributed by atoms with E-state index in [0.717, 1.165) is 23.3 Å². The van der Waals surface area contributed by atoms with Crippen molar-refractivity contribution < 1.29 is 13.2 Å². The van der Waals surface area contributed by atoms with Crippen LogP contribution in [0.4, 0.5) is 5.82 Å². The van der Waals surface area contributed by atoms with Crippen LogP contribution in [0.15, 0.2) is 42.9 Å². The zero-order chi connectivity index (χ0) is 23.6. The Labute approximate surface area is 198 Å².